The molecule has 3 aromatic rings. The van der Waals surface area contributed by atoms with E-state index in [1.807, 2.05) is 0 Å². The first-order valence-electron chi connectivity index (χ1n) is 7.60. The van der Waals surface area contributed by atoms with Gasteiger partial charge in [0.2, 0.25) is 5.43 Å². The van der Waals surface area contributed by atoms with Gasteiger partial charge in [0.05, 0.1) is 18.5 Å². The Morgan fingerprint density at radius 1 is 1.28 bits per heavy atom. The lowest BCUT2D eigenvalue weighted by molar-refractivity contribution is 0.0766. The molecule has 7 heteroatoms. The summed E-state index contributed by atoms with van der Waals surface area (Å²) in [5.41, 5.74) is 0.774. The monoisotopic (exact) mass is 357 g/mol. The maximum atomic E-state index is 12.6. The standard InChI is InChI=1S/C18H16ClN3O3/c1-12-10-16(23)17(18(24)21(2)11-15-4-3-9-25-15)20-22(12)14-7-5-13(19)6-8-14/h3-10H,11H2,1-2H3. The number of carbonyl (C=O) groups excluding carboxylic acids is 1. The SMILES string of the molecule is Cc1cc(=O)c(C(=O)N(C)Cc2ccco2)nn1-c1ccc(Cl)cc1. The first kappa shape index (κ1) is 17.0. The van der Waals surface area contributed by atoms with E-state index in [1.165, 1.54) is 17.2 Å². The van der Waals surface area contributed by atoms with Crippen LogP contribution in [-0.4, -0.2) is 27.6 Å². The maximum Gasteiger partial charge on any atom is 0.278 e. The van der Waals surface area contributed by atoms with Crippen LogP contribution in [0.25, 0.3) is 5.69 Å². The van der Waals surface area contributed by atoms with E-state index in [0.717, 1.165) is 0 Å². The van der Waals surface area contributed by atoms with Gasteiger partial charge >= 0.3 is 0 Å². The summed E-state index contributed by atoms with van der Waals surface area (Å²) in [5, 5.41) is 4.86. The van der Waals surface area contributed by atoms with E-state index in [0.29, 0.717) is 22.2 Å². The summed E-state index contributed by atoms with van der Waals surface area (Å²) >= 11 is 5.91. The van der Waals surface area contributed by atoms with E-state index in [4.69, 9.17) is 16.0 Å². The third-order valence-electron chi connectivity index (χ3n) is 3.70. The van der Waals surface area contributed by atoms with Gasteiger partial charge in [-0.1, -0.05) is 11.6 Å². The quantitative estimate of drug-likeness (QED) is 0.719. The number of rotatable bonds is 4. The number of carbonyl (C=O) groups is 1. The van der Waals surface area contributed by atoms with Gasteiger partial charge in [0.15, 0.2) is 5.69 Å². The van der Waals surface area contributed by atoms with E-state index in [9.17, 15) is 9.59 Å². The largest absolute Gasteiger partial charge is 0.467 e. The Hall–Kier alpha value is -2.86. The van der Waals surface area contributed by atoms with Crippen LogP contribution in [0.4, 0.5) is 0 Å². The number of halogens is 1. The first-order chi connectivity index (χ1) is 12.0. The molecule has 0 fully saturated rings. The molecule has 1 amide bonds. The van der Waals surface area contributed by atoms with Gasteiger partial charge in [-0.15, -0.1) is 0 Å². The van der Waals surface area contributed by atoms with Crippen LogP contribution in [0, 0.1) is 6.92 Å². The van der Waals surface area contributed by atoms with Crippen molar-refractivity contribution in [2.24, 2.45) is 0 Å². The fourth-order valence-electron chi connectivity index (χ4n) is 2.43. The average molecular weight is 358 g/mol. The summed E-state index contributed by atoms with van der Waals surface area (Å²) in [6.45, 7) is 2.01. The lowest BCUT2D eigenvalue weighted by atomic mass is 10.2. The van der Waals surface area contributed by atoms with Crippen molar-refractivity contribution in [1.82, 2.24) is 14.7 Å². The van der Waals surface area contributed by atoms with Gasteiger partial charge in [-0.2, -0.15) is 5.10 Å². The molecule has 0 aliphatic carbocycles. The fraction of sp³-hybridized carbons (Fsp3) is 0.167. The van der Waals surface area contributed by atoms with Crippen LogP contribution in [0.2, 0.25) is 5.02 Å². The Morgan fingerprint density at radius 2 is 2.00 bits per heavy atom. The van der Waals surface area contributed by atoms with Crippen molar-refractivity contribution >= 4 is 17.5 Å². The van der Waals surface area contributed by atoms with Crippen molar-refractivity contribution in [2.45, 2.75) is 13.5 Å². The van der Waals surface area contributed by atoms with Gasteiger partial charge in [0.25, 0.3) is 5.91 Å². The number of benzene rings is 1. The highest BCUT2D eigenvalue weighted by atomic mass is 35.5. The lowest BCUT2D eigenvalue weighted by Crippen LogP contribution is -2.33. The summed E-state index contributed by atoms with van der Waals surface area (Å²) in [4.78, 5) is 26.3. The maximum absolute atomic E-state index is 12.6. The van der Waals surface area contributed by atoms with Crippen molar-refractivity contribution in [3.8, 4) is 5.69 Å². The molecule has 0 aliphatic rings. The highest BCUT2D eigenvalue weighted by Crippen LogP contribution is 2.14. The summed E-state index contributed by atoms with van der Waals surface area (Å²) in [6, 6.07) is 11.9. The van der Waals surface area contributed by atoms with Crippen LogP contribution >= 0.6 is 11.6 Å². The van der Waals surface area contributed by atoms with Gasteiger partial charge in [-0.3, -0.25) is 9.59 Å². The molecular weight excluding hydrogens is 342 g/mol. The van der Waals surface area contributed by atoms with Crippen LogP contribution in [0.3, 0.4) is 0 Å². The Bertz CT molecular complexity index is 947. The molecule has 2 aromatic heterocycles. The Kier molecular flexibility index (Phi) is 4.72. The summed E-state index contributed by atoms with van der Waals surface area (Å²) in [7, 11) is 1.60. The molecule has 0 saturated heterocycles. The molecule has 1 aromatic carbocycles. The van der Waals surface area contributed by atoms with Crippen molar-refractivity contribution in [2.75, 3.05) is 7.05 Å². The van der Waals surface area contributed by atoms with Crippen molar-refractivity contribution in [3.05, 3.63) is 81.1 Å². The first-order valence-corrected chi connectivity index (χ1v) is 7.98. The van der Waals surface area contributed by atoms with Crippen molar-refractivity contribution in [3.63, 3.8) is 0 Å². The Balaban J connectivity index is 1.95. The molecule has 0 N–H and O–H groups in total. The molecule has 0 unspecified atom stereocenters. The zero-order valence-corrected chi connectivity index (χ0v) is 14.5. The number of hydrogen-bond acceptors (Lipinski definition) is 4. The van der Waals surface area contributed by atoms with Gasteiger partial charge in [-0.25, -0.2) is 4.68 Å². The molecule has 0 atom stereocenters. The molecule has 128 valence electrons. The number of aromatic nitrogens is 2. The summed E-state index contributed by atoms with van der Waals surface area (Å²) < 4.78 is 6.78. The van der Waals surface area contributed by atoms with Gasteiger partial charge in [0.1, 0.15) is 5.76 Å². The molecule has 0 radical (unpaired) electrons. The van der Waals surface area contributed by atoms with E-state index >= 15 is 0 Å². The second-order valence-electron chi connectivity index (χ2n) is 5.63. The molecule has 2 heterocycles. The summed E-state index contributed by atoms with van der Waals surface area (Å²) in [6.07, 6.45) is 1.53. The second-order valence-corrected chi connectivity index (χ2v) is 6.06. The minimum atomic E-state index is -0.468. The predicted octanol–water partition coefficient (Wildman–Crippen LogP) is 3.06. The predicted molar refractivity (Wildman–Crippen MR) is 94.1 cm³/mol. The van der Waals surface area contributed by atoms with Crippen molar-refractivity contribution < 1.29 is 9.21 Å². The molecule has 0 aliphatic heterocycles. The number of furan rings is 1. The number of amides is 1. The Morgan fingerprint density at radius 3 is 2.64 bits per heavy atom. The topological polar surface area (TPSA) is 68.3 Å². The molecular formula is C18H16ClN3O3. The third kappa shape index (κ3) is 3.64. The molecule has 3 rings (SSSR count). The smallest absolute Gasteiger partial charge is 0.278 e. The number of hydrogen-bond donors (Lipinski definition) is 0. The van der Waals surface area contributed by atoms with Crippen LogP contribution in [-0.2, 0) is 6.54 Å². The molecule has 0 bridgehead atoms. The molecule has 25 heavy (non-hydrogen) atoms. The van der Waals surface area contributed by atoms with Crippen LogP contribution < -0.4 is 5.43 Å². The zero-order valence-electron chi connectivity index (χ0n) is 13.8. The van der Waals surface area contributed by atoms with E-state index in [2.05, 4.69) is 5.10 Å². The second kappa shape index (κ2) is 6.94. The molecule has 0 spiro atoms. The Labute approximate surface area is 149 Å². The van der Waals surface area contributed by atoms with Crippen molar-refractivity contribution in [1.29, 1.82) is 0 Å². The van der Waals surface area contributed by atoms with Gasteiger partial charge in [-0.05, 0) is 43.3 Å². The highest BCUT2D eigenvalue weighted by Gasteiger charge is 2.20. The molecule has 6 nitrogen and oxygen atoms in total. The summed E-state index contributed by atoms with van der Waals surface area (Å²) in [5.74, 6) is 0.158. The lowest BCUT2D eigenvalue weighted by Gasteiger charge is -2.16. The van der Waals surface area contributed by atoms with Gasteiger partial charge in [0, 0.05) is 23.8 Å². The highest BCUT2D eigenvalue weighted by molar-refractivity contribution is 6.30. The van der Waals surface area contributed by atoms with Crippen LogP contribution in [0.1, 0.15) is 21.9 Å². The minimum absolute atomic E-state index is 0.144. The van der Waals surface area contributed by atoms with Crippen LogP contribution in [0.15, 0.2) is 57.9 Å². The minimum Gasteiger partial charge on any atom is -0.467 e. The number of aryl methyl sites for hydroxylation is 1. The van der Waals surface area contributed by atoms with E-state index in [-0.39, 0.29) is 12.2 Å². The normalized spacial score (nSPS) is 10.7. The van der Waals surface area contributed by atoms with E-state index in [1.54, 1.807) is 55.1 Å². The molecule has 0 saturated carbocycles. The van der Waals surface area contributed by atoms with Gasteiger partial charge < -0.3 is 9.32 Å². The van der Waals surface area contributed by atoms with Crippen LogP contribution in [0.5, 0.6) is 0 Å². The third-order valence-corrected chi connectivity index (χ3v) is 3.95. The fourth-order valence-corrected chi connectivity index (χ4v) is 2.55. The zero-order chi connectivity index (χ0) is 18.0. The van der Waals surface area contributed by atoms with E-state index < -0.39 is 11.3 Å². The number of nitrogens with zero attached hydrogens (tertiary/aromatic N) is 3. The average Bonchev–Trinajstić information content (AvgIpc) is 3.08.